The van der Waals surface area contributed by atoms with E-state index in [-0.39, 0.29) is 17.5 Å². The molecular weight excluding hydrogens is 280 g/mol. The Hall–Kier alpha value is -1.32. The molecule has 0 radical (unpaired) electrons. The number of hydrogen-bond donors (Lipinski definition) is 0. The predicted molar refractivity (Wildman–Crippen MR) is 86.2 cm³/mol. The summed E-state index contributed by atoms with van der Waals surface area (Å²) < 4.78 is 10.6. The zero-order chi connectivity index (χ0) is 16.4. The number of hydrogen-bond acceptors (Lipinski definition) is 4. The number of Topliss-reactive ketones (excluding diaryl/α,β-unsaturated/α-hetero) is 1. The van der Waals surface area contributed by atoms with E-state index >= 15 is 0 Å². The number of allylic oxidation sites excluding steroid dienone is 1. The number of carbonyl (C=O) groups excluding carboxylic acids is 2. The molecule has 1 aliphatic rings. The summed E-state index contributed by atoms with van der Waals surface area (Å²) in [5, 5.41) is 0. The van der Waals surface area contributed by atoms with Gasteiger partial charge in [-0.3, -0.25) is 9.59 Å². The van der Waals surface area contributed by atoms with Crippen molar-refractivity contribution in [3.05, 3.63) is 11.5 Å². The fourth-order valence-electron chi connectivity index (χ4n) is 2.60. The van der Waals surface area contributed by atoms with E-state index in [2.05, 4.69) is 6.92 Å². The highest BCUT2D eigenvalue weighted by Gasteiger charge is 2.34. The van der Waals surface area contributed by atoms with E-state index in [9.17, 15) is 9.59 Å². The Labute approximate surface area is 134 Å². The first-order valence-electron chi connectivity index (χ1n) is 8.72. The standard InChI is InChI=1S/C18H30O4/c1-4-6-7-8-9-10-11-12-13-16(19)22-18-14(3)21-15(5-2)17(18)20/h15H,4-13H2,1-3H3. The summed E-state index contributed by atoms with van der Waals surface area (Å²) in [4.78, 5) is 23.7. The van der Waals surface area contributed by atoms with Crippen LogP contribution in [0.2, 0.25) is 0 Å². The van der Waals surface area contributed by atoms with Crippen LogP contribution in [0.15, 0.2) is 11.5 Å². The maximum atomic E-state index is 11.9. The minimum Gasteiger partial charge on any atom is -0.483 e. The van der Waals surface area contributed by atoms with Crippen molar-refractivity contribution >= 4 is 11.8 Å². The lowest BCUT2D eigenvalue weighted by atomic mass is 10.1. The van der Waals surface area contributed by atoms with Gasteiger partial charge in [-0.2, -0.15) is 0 Å². The SMILES string of the molecule is CCCCCCCCCCC(=O)OC1=C(C)OC(CC)C1=O. The van der Waals surface area contributed by atoms with E-state index < -0.39 is 6.10 Å². The third-order valence-electron chi connectivity index (χ3n) is 3.98. The second kappa shape index (κ2) is 10.4. The molecule has 0 N–H and O–H groups in total. The monoisotopic (exact) mass is 310 g/mol. The highest BCUT2D eigenvalue weighted by Crippen LogP contribution is 2.24. The molecule has 1 aliphatic heterocycles. The van der Waals surface area contributed by atoms with Crippen LogP contribution in [0.4, 0.5) is 0 Å². The molecule has 0 amide bonds. The fourth-order valence-corrected chi connectivity index (χ4v) is 2.60. The van der Waals surface area contributed by atoms with Gasteiger partial charge in [0, 0.05) is 6.42 Å². The minimum absolute atomic E-state index is 0.108. The van der Waals surface area contributed by atoms with E-state index in [1.807, 2.05) is 6.92 Å². The first-order valence-corrected chi connectivity index (χ1v) is 8.72. The van der Waals surface area contributed by atoms with Crippen LogP contribution in [0, 0.1) is 0 Å². The lowest BCUT2D eigenvalue weighted by Crippen LogP contribution is -2.19. The van der Waals surface area contributed by atoms with E-state index in [0.29, 0.717) is 18.6 Å². The number of esters is 1. The third-order valence-corrected chi connectivity index (χ3v) is 3.98. The molecule has 0 fully saturated rings. The molecule has 0 spiro atoms. The molecule has 0 bridgehead atoms. The normalized spacial score (nSPS) is 17.8. The summed E-state index contributed by atoms with van der Waals surface area (Å²) in [6.07, 6.45) is 9.94. The Morgan fingerprint density at radius 2 is 1.64 bits per heavy atom. The number of ketones is 1. The van der Waals surface area contributed by atoms with Crippen LogP contribution in [-0.4, -0.2) is 17.9 Å². The van der Waals surface area contributed by atoms with Crippen molar-refractivity contribution in [2.75, 3.05) is 0 Å². The number of unbranched alkanes of at least 4 members (excludes halogenated alkanes) is 7. The van der Waals surface area contributed by atoms with Crippen molar-refractivity contribution in [2.45, 2.75) is 91.1 Å². The molecule has 0 saturated heterocycles. The molecular formula is C18H30O4. The van der Waals surface area contributed by atoms with Crippen molar-refractivity contribution in [3.63, 3.8) is 0 Å². The molecule has 1 unspecified atom stereocenters. The molecule has 0 saturated carbocycles. The molecule has 1 heterocycles. The molecule has 0 aromatic heterocycles. The number of ether oxygens (including phenoxy) is 2. The molecule has 22 heavy (non-hydrogen) atoms. The lowest BCUT2D eigenvalue weighted by molar-refractivity contribution is -0.142. The molecule has 1 atom stereocenters. The van der Waals surface area contributed by atoms with E-state index in [0.717, 1.165) is 12.8 Å². The molecule has 126 valence electrons. The topological polar surface area (TPSA) is 52.6 Å². The summed E-state index contributed by atoms with van der Waals surface area (Å²) in [6, 6.07) is 0. The minimum atomic E-state index is -0.481. The number of rotatable bonds is 11. The smallest absolute Gasteiger partial charge is 0.311 e. The second-order valence-electron chi connectivity index (χ2n) is 5.96. The van der Waals surface area contributed by atoms with Gasteiger partial charge in [0.2, 0.25) is 11.5 Å². The Bertz CT molecular complexity index is 398. The second-order valence-corrected chi connectivity index (χ2v) is 5.96. The van der Waals surface area contributed by atoms with Crippen LogP contribution in [0.25, 0.3) is 0 Å². The molecule has 4 nitrogen and oxygen atoms in total. The van der Waals surface area contributed by atoms with Crippen LogP contribution in [-0.2, 0) is 19.1 Å². The van der Waals surface area contributed by atoms with Gasteiger partial charge in [0.25, 0.3) is 0 Å². The molecule has 0 aromatic carbocycles. The van der Waals surface area contributed by atoms with Gasteiger partial charge < -0.3 is 9.47 Å². The van der Waals surface area contributed by atoms with Gasteiger partial charge in [-0.25, -0.2) is 0 Å². The van der Waals surface area contributed by atoms with Crippen LogP contribution in [0.3, 0.4) is 0 Å². The van der Waals surface area contributed by atoms with E-state index in [1.165, 1.54) is 38.5 Å². The predicted octanol–water partition coefficient (Wildman–Crippen LogP) is 4.67. The molecule has 1 rings (SSSR count). The molecule has 0 aromatic rings. The first-order chi connectivity index (χ1) is 10.6. The van der Waals surface area contributed by atoms with E-state index in [1.54, 1.807) is 6.92 Å². The average Bonchev–Trinajstić information content (AvgIpc) is 2.77. The van der Waals surface area contributed by atoms with Crippen LogP contribution in [0.5, 0.6) is 0 Å². The van der Waals surface area contributed by atoms with Gasteiger partial charge >= 0.3 is 5.97 Å². The van der Waals surface area contributed by atoms with Gasteiger partial charge in [0.05, 0.1) is 0 Å². The van der Waals surface area contributed by atoms with Crippen LogP contribution in [0.1, 0.15) is 85.0 Å². The van der Waals surface area contributed by atoms with Gasteiger partial charge in [0.1, 0.15) is 5.76 Å². The van der Waals surface area contributed by atoms with Gasteiger partial charge in [-0.15, -0.1) is 0 Å². The molecule has 0 aliphatic carbocycles. The van der Waals surface area contributed by atoms with Gasteiger partial charge in [-0.1, -0.05) is 58.8 Å². The summed E-state index contributed by atoms with van der Waals surface area (Å²) in [6.45, 7) is 5.76. The largest absolute Gasteiger partial charge is 0.483 e. The maximum Gasteiger partial charge on any atom is 0.311 e. The zero-order valence-electron chi connectivity index (χ0n) is 14.3. The highest BCUT2D eigenvalue weighted by molar-refractivity contribution is 6.01. The quantitative estimate of drug-likeness (QED) is 0.411. The van der Waals surface area contributed by atoms with Crippen LogP contribution >= 0.6 is 0 Å². The first kappa shape index (κ1) is 18.7. The molecule has 4 heteroatoms. The number of carbonyl (C=O) groups is 2. The summed E-state index contributed by atoms with van der Waals surface area (Å²) in [7, 11) is 0. The van der Waals surface area contributed by atoms with Crippen molar-refractivity contribution in [3.8, 4) is 0 Å². The Balaban J connectivity index is 2.14. The van der Waals surface area contributed by atoms with Crippen molar-refractivity contribution < 1.29 is 19.1 Å². The highest BCUT2D eigenvalue weighted by atomic mass is 16.6. The zero-order valence-corrected chi connectivity index (χ0v) is 14.3. The Morgan fingerprint density at radius 1 is 1.05 bits per heavy atom. The summed E-state index contributed by atoms with van der Waals surface area (Å²) in [5.74, 6) is 0.0100. The Kier molecular flexibility index (Phi) is 8.86. The third kappa shape index (κ3) is 6.20. The van der Waals surface area contributed by atoms with Crippen molar-refractivity contribution in [2.24, 2.45) is 0 Å². The fraction of sp³-hybridized carbons (Fsp3) is 0.778. The maximum absolute atomic E-state index is 11.9. The summed E-state index contributed by atoms with van der Waals surface area (Å²) in [5.41, 5.74) is 0. The lowest BCUT2D eigenvalue weighted by Gasteiger charge is -2.05. The average molecular weight is 310 g/mol. The van der Waals surface area contributed by atoms with E-state index in [4.69, 9.17) is 9.47 Å². The summed E-state index contributed by atoms with van der Waals surface area (Å²) >= 11 is 0. The van der Waals surface area contributed by atoms with Gasteiger partial charge in [0.15, 0.2) is 6.10 Å². The van der Waals surface area contributed by atoms with Gasteiger partial charge in [-0.05, 0) is 19.8 Å². The van der Waals surface area contributed by atoms with Crippen molar-refractivity contribution in [1.82, 2.24) is 0 Å². The van der Waals surface area contributed by atoms with Crippen LogP contribution < -0.4 is 0 Å². The van der Waals surface area contributed by atoms with Crippen molar-refractivity contribution in [1.29, 1.82) is 0 Å². The Morgan fingerprint density at radius 3 is 2.18 bits per heavy atom.